The summed E-state index contributed by atoms with van der Waals surface area (Å²) in [5.41, 5.74) is 3.73. The van der Waals surface area contributed by atoms with E-state index in [1.807, 2.05) is 48.1 Å². The molecule has 21 heavy (non-hydrogen) atoms. The maximum Gasteiger partial charge on any atom is 0.196 e. The first-order valence-electron chi connectivity index (χ1n) is 6.53. The number of benzene rings is 2. The van der Waals surface area contributed by atoms with E-state index in [2.05, 4.69) is 51.5 Å². The Bertz CT molecular complexity index is 867. The highest BCUT2D eigenvalue weighted by Crippen LogP contribution is 2.28. The molecule has 2 nitrogen and oxygen atoms in total. The first-order valence-corrected chi connectivity index (χ1v) is 8.40. The van der Waals surface area contributed by atoms with Gasteiger partial charge in [0.1, 0.15) is 0 Å². The van der Waals surface area contributed by atoms with Crippen molar-refractivity contribution in [3.63, 3.8) is 0 Å². The number of nitrogens with zero attached hydrogens (tertiary/aromatic N) is 1. The number of ketones is 1. The number of rotatable bonds is 2. The minimum absolute atomic E-state index is 0.0508. The standard InChI is InChI=1S/C17H13BrINO/c1-10-3-5-12-14(9-20(2)16(12)7-10)17(21)13-8-11(19)4-6-15(13)18/h3-9H,1-2H3. The number of fused-ring (bicyclic) bond motifs is 1. The highest BCUT2D eigenvalue weighted by atomic mass is 127. The summed E-state index contributed by atoms with van der Waals surface area (Å²) in [6, 6.07) is 12.0. The van der Waals surface area contributed by atoms with Crippen LogP contribution in [0.15, 0.2) is 47.1 Å². The maximum atomic E-state index is 12.9. The van der Waals surface area contributed by atoms with Gasteiger partial charge in [-0.2, -0.15) is 0 Å². The predicted molar refractivity (Wildman–Crippen MR) is 97.9 cm³/mol. The van der Waals surface area contributed by atoms with Crippen molar-refractivity contribution in [2.24, 2.45) is 7.05 Å². The zero-order valence-corrected chi connectivity index (χ0v) is 15.4. The fraction of sp³-hybridized carbons (Fsp3) is 0.118. The summed E-state index contributed by atoms with van der Waals surface area (Å²) < 4.78 is 3.89. The van der Waals surface area contributed by atoms with Crippen molar-refractivity contribution in [1.29, 1.82) is 0 Å². The summed E-state index contributed by atoms with van der Waals surface area (Å²) in [7, 11) is 1.97. The summed E-state index contributed by atoms with van der Waals surface area (Å²) in [6.45, 7) is 2.06. The predicted octanol–water partition coefficient (Wildman–Crippen LogP) is 5.08. The molecule has 0 aliphatic rings. The first-order chi connectivity index (χ1) is 9.97. The van der Waals surface area contributed by atoms with E-state index < -0.39 is 0 Å². The third-order valence-electron chi connectivity index (χ3n) is 3.56. The van der Waals surface area contributed by atoms with Gasteiger partial charge in [0, 0.05) is 43.3 Å². The minimum atomic E-state index is 0.0508. The fourth-order valence-electron chi connectivity index (χ4n) is 2.49. The lowest BCUT2D eigenvalue weighted by Crippen LogP contribution is -2.02. The number of aryl methyl sites for hydroxylation is 2. The van der Waals surface area contributed by atoms with E-state index in [0.29, 0.717) is 5.56 Å². The van der Waals surface area contributed by atoms with Crippen molar-refractivity contribution >= 4 is 55.2 Å². The van der Waals surface area contributed by atoms with E-state index in [1.54, 1.807) is 0 Å². The third-order valence-corrected chi connectivity index (χ3v) is 4.93. The highest BCUT2D eigenvalue weighted by molar-refractivity contribution is 14.1. The monoisotopic (exact) mass is 453 g/mol. The van der Waals surface area contributed by atoms with Gasteiger partial charge in [-0.3, -0.25) is 4.79 Å². The van der Waals surface area contributed by atoms with Crippen LogP contribution < -0.4 is 0 Å². The number of halogens is 2. The van der Waals surface area contributed by atoms with Gasteiger partial charge in [0.05, 0.1) is 0 Å². The lowest BCUT2D eigenvalue weighted by atomic mass is 10.0. The Hall–Kier alpha value is -1.14. The quantitative estimate of drug-likeness (QED) is 0.391. The van der Waals surface area contributed by atoms with Crippen molar-refractivity contribution in [3.8, 4) is 0 Å². The number of aromatic nitrogens is 1. The first kappa shape index (κ1) is 14.8. The largest absolute Gasteiger partial charge is 0.350 e. The molecule has 0 bridgehead atoms. The van der Waals surface area contributed by atoms with Gasteiger partial charge < -0.3 is 4.57 Å². The van der Waals surface area contributed by atoms with E-state index in [0.717, 1.165) is 24.5 Å². The molecule has 0 amide bonds. The molecule has 0 aliphatic heterocycles. The Morgan fingerprint density at radius 2 is 1.90 bits per heavy atom. The molecule has 1 aromatic heterocycles. The molecule has 2 aromatic carbocycles. The van der Waals surface area contributed by atoms with Crippen molar-refractivity contribution in [3.05, 3.63) is 67.3 Å². The van der Waals surface area contributed by atoms with Crippen LogP contribution in [0.25, 0.3) is 10.9 Å². The second-order valence-corrected chi connectivity index (χ2v) is 7.23. The summed E-state index contributed by atoms with van der Waals surface area (Å²) in [5.74, 6) is 0.0508. The molecule has 106 valence electrons. The fourth-order valence-corrected chi connectivity index (χ4v) is 3.41. The summed E-state index contributed by atoms with van der Waals surface area (Å²) in [5, 5.41) is 0.999. The second-order valence-electron chi connectivity index (χ2n) is 5.13. The Morgan fingerprint density at radius 1 is 1.14 bits per heavy atom. The van der Waals surface area contributed by atoms with Crippen molar-refractivity contribution in [2.45, 2.75) is 6.92 Å². The van der Waals surface area contributed by atoms with Crippen LogP contribution in [0.4, 0.5) is 0 Å². The molecule has 0 saturated heterocycles. The Labute approximate surface area is 145 Å². The maximum absolute atomic E-state index is 12.9. The van der Waals surface area contributed by atoms with E-state index in [1.165, 1.54) is 5.56 Å². The van der Waals surface area contributed by atoms with Gasteiger partial charge in [0.2, 0.25) is 0 Å². The van der Waals surface area contributed by atoms with E-state index in [9.17, 15) is 4.79 Å². The number of carbonyl (C=O) groups excluding carboxylic acids is 1. The summed E-state index contributed by atoms with van der Waals surface area (Å²) >= 11 is 5.70. The van der Waals surface area contributed by atoms with Gasteiger partial charge in [-0.05, 0) is 59.3 Å². The lowest BCUT2D eigenvalue weighted by molar-refractivity contribution is 0.103. The van der Waals surface area contributed by atoms with Crippen molar-refractivity contribution in [1.82, 2.24) is 4.57 Å². The zero-order chi connectivity index (χ0) is 15.1. The van der Waals surface area contributed by atoms with Crippen LogP contribution in [-0.2, 0) is 7.05 Å². The molecule has 4 heteroatoms. The Balaban J connectivity index is 2.21. The van der Waals surface area contributed by atoms with E-state index >= 15 is 0 Å². The molecule has 3 aromatic rings. The number of carbonyl (C=O) groups is 1. The molecule has 1 heterocycles. The SMILES string of the molecule is Cc1ccc2c(C(=O)c3cc(I)ccc3Br)cn(C)c2c1. The Kier molecular flexibility index (Phi) is 3.92. The number of hydrogen-bond acceptors (Lipinski definition) is 1. The van der Waals surface area contributed by atoms with Crippen molar-refractivity contribution < 1.29 is 4.79 Å². The molecule has 0 unspecified atom stereocenters. The molecule has 0 N–H and O–H groups in total. The van der Waals surface area contributed by atoms with Gasteiger partial charge in [-0.1, -0.05) is 28.1 Å². The molecule has 0 aliphatic carbocycles. The zero-order valence-electron chi connectivity index (χ0n) is 11.7. The van der Waals surface area contributed by atoms with Crippen LogP contribution in [0.3, 0.4) is 0 Å². The molecule has 0 spiro atoms. The lowest BCUT2D eigenvalue weighted by Gasteiger charge is -2.04. The Morgan fingerprint density at radius 3 is 2.67 bits per heavy atom. The van der Waals surface area contributed by atoms with Gasteiger partial charge in [-0.15, -0.1) is 0 Å². The molecule has 0 saturated carbocycles. The second kappa shape index (κ2) is 5.57. The number of hydrogen-bond donors (Lipinski definition) is 0. The molecular weight excluding hydrogens is 441 g/mol. The van der Waals surface area contributed by atoms with Crippen LogP contribution in [-0.4, -0.2) is 10.4 Å². The molecule has 3 rings (SSSR count). The molecular formula is C17H13BrINO. The highest BCUT2D eigenvalue weighted by Gasteiger charge is 2.18. The topological polar surface area (TPSA) is 22.0 Å². The van der Waals surface area contributed by atoms with Crippen LogP contribution in [0.2, 0.25) is 0 Å². The van der Waals surface area contributed by atoms with Gasteiger partial charge in [-0.25, -0.2) is 0 Å². The summed E-state index contributed by atoms with van der Waals surface area (Å²) in [6.07, 6.45) is 1.92. The van der Waals surface area contributed by atoms with Gasteiger partial charge in [0.25, 0.3) is 0 Å². The van der Waals surface area contributed by atoms with Crippen LogP contribution in [0.1, 0.15) is 21.5 Å². The molecule has 0 atom stereocenters. The average Bonchev–Trinajstić information content (AvgIpc) is 2.78. The van der Waals surface area contributed by atoms with Crippen molar-refractivity contribution in [2.75, 3.05) is 0 Å². The molecule has 0 fully saturated rings. The van der Waals surface area contributed by atoms with E-state index in [4.69, 9.17) is 0 Å². The van der Waals surface area contributed by atoms with Crippen LogP contribution in [0.5, 0.6) is 0 Å². The van der Waals surface area contributed by atoms with E-state index in [-0.39, 0.29) is 5.78 Å². The van der Waals surface area contributed by atoms with Gasteiger partial charge in [0.15, 0.2) is 5.78 Å². The van der Waals surface area contributed by atoms with Gasteiger partial charge >= 0.3 is 0 Å². The summed E-state index contributed by atoms with van der Waals surface area (Å²) in [4.78, 5) is 12.9. The average molecular weight is 454 g/mol. The third kappa shape index (κ3) is 2.66. The normalized spacial score (nSPS) is 11.0. The smallest absolute Gasteiger partial charge is 0.196 e. The van der Waals surface area contributed by atoms with Crippen LogP contribution >= 0.6 is 38.5 Å². The molecule has 0 radical (unpaired) electrons. The van der Waals surface area contributed by atoms with Crippen LogP contribution in [0, 0.1) is 10.5 Å². The minimum Gasteiger partial charge on any atom is -0.350 e.